The number of rotatable bonds is 5. The van der Waals surface area contributed by atoms with Gasteiger partial charge in [-0.25, -0.2) is 0 Å². The number of ether oxygens (including phenoxy) is 1. The number of benzene rings is 2. The first-order valence-corrected chi connectivity index (χ1v) is 8.19. The lowest BCUT2D eigenvalue weighted by Gasteiger charge is -2.16. The summed E-state index contributed by atoms with van der Waals surface area (Å²) < 4.78 is 5.66. The van der Waals surface area contributed by atoms with Gasteiger partial charge >= 0.3 is 0 Å². The summed E-state index contributed by atoms with van der Waals surface area (Å²) in [7, 11) is 0. The fourth-order valence-electron chi connectivity index (χ4n) is 2.65. The quantitative estimate of drug-likeness (QED) is 0.673. The van der Waals surface area contributed by atoms with E-state index in [1.54, 1.807) is 42.7 Å². The first kappa shape index (κ1) is 17.0. The van der Waals surface area contributed by atoms with E-state index in [-0.39, 0.29) is 11.5 Å². The lowest BCUT2D eigenvalue weighted by Crippen LogP contribution is -2.06. The van der Waals surface area contributed by atoms with Gasteiger partial charge in [-0.05, 0) is 31.2 Å². The second-order valence-electron chi connectivity index (χ2n) is 5.35. The van der Waals surface area contributed by atoms with Crippen LogP contribution in [0.4, 0.5) is 0 Å². The van der Waals surface area contributed by atoms with E-state index >= 15 is 0 Å². The van der Waals surface area contributed by atoms with Gasteiger partial charge in [0, 0.05) is 40.7 Å². The lowest BCUT2D eigenvalue weighted by atomic mass is 9.93. The van der Waals surface area contributed by atoms with E-state index in [0.717, 1.165) is 5.56 Å². The third-order valence-corrected chi connectivity index (χ3v) is 4.03. The van der Waals surface area contributed by atoms with Crippen molar-refractivity contribution in [2.75, 3.05) is 6.61 Å². The molecule has 1 N–H and O–H groups in total. The molecule has 126 valence electrons. The number of aromatic hydroxyl groups is 1. The molecule has 0 fully saturated rings. The Bertz CT molecular complexity index is 910. The third-order valence-electron chi connectivity index (χ3n) is 3.70. The Hall–Kier alpha value is -2.85. The first-order valence-electron chi connectivity index (χ1n) is 7.81. The highest BCUT2D eigenvalue weighted by Crippen LogP contribution is 2.38. The van der Waals surface area contributed by atoms with Crippen molar-refractivity contribution < 1.29 is 14.6 Å². The highest BCUT2D eigenvalue weighted by atomic mass is 35.5. The molecule has 5 heteroatoms. The highest BCUT2D eigenvalue weighted by Gasteiger charge is 2.22. The van der Waals surface area contributed by atoms with E-state index in [1.165, 1.54) is 12.1 Å². The zero-order valence-electron chi connectivity index (χ0n) is 13.6. The molecule has 0 aliphatic heterocycles. The summed E-state index contributed by atoms with van der Waals surface area (Å²) in [6.07, 6.45) is 3.30. The fraction of sp³-hybridized carbons (Fsp3) is 0.100. The second-order valence-corrected chi connectivity index (χ2v) is 5.76. The topological polar surface area (TPSA) is 59.4 Å². The number of hydrogen-bond donors (Lipinski definition) is 1. The Morgan fingerprint density at radius 2 is 1.96 bits per heavy atom. The minimum atomic E-state index is -0.290. The van der Waals surface area contributed by atoms with Crippen molar-refractivity contribution in [2.24, 2.45) is 0 Å². The molecular weight excluding hydrogens is 338 g/mol. The van der Waals surface area contributed by atoms with Crippen molar-refractivity contribution in [3.8, 4) is 22.6 Å². The average molecular weight is 354 g/mol. The monoisotopic (exact) mass is 353 g/mol. The second kappa shape index (κ2) is 7.36. The number of nitrogens with zero attached hydrogens (tertiary/aromatic N) is 1. The summed E-state index contributed by atoms with van der Waals surface area (Å²) in [5.41, 5.74) is 1.98. The van der Waals surface area contributed by atoms with Crippen LogP contribution < -0.4 is 4.74 Å². The predicted octanol–water partition coefficient (Wildman–Crippen LogP) is 4.74. The van der Waals surface area contributed by atoms with Gasteiger partial charge in [-0.15, -0.1) is 0 Å². The van der Waals surface area contributed by atoms with Gasteiger partial charge in [0.1, 0.15) is 11.5 Å². The number of carbonyl (C=O) groups is 1. The lowest BCUT2D eigenvalue weighted by molar-refractivity contribution is 0.103. The molecule has 0 aliphatic rings. The molecule has 3 rings (SSSR count). The number of hydrogen-bond acceptors (Lipinski definition) is 4. The average Bonchev–Trinajstić information content (AvgIpc) is 2.62. The van der Waals surface area contributed by atoms with Crippen LogP contribution in [0.3, 0.4) is 0 Å². The van der Waals surface area contributed by atoms with Gasteiger partial charge < -0.3 is 9.84 Å². The number of phenols is 1. The molecule has 4 nitrogen and oxygen atoms in total. The molecule has 0 amide bonds. The minimum Gasteiger partial charge on any atom is -0.508 e. The zero-order valence-corrected chi connectivity index (χ0v) is 14.3. The molecule has 1 aromatic heterocycles. The number of pyridine rings is 1. The fourth-order valence-corrected chi connectivity index (χ4v) is 2.87. The van der Waals surface area contributed by atoms with E-state index in [4.69, 9.17) is 16.3 Å². The molecular formula is C20H16ClNO3. The Kier molecular flexibility index (Phi) is 5.00. The van der Waals surface area contributed by atoms with Crippen molar-refractivity contribution >= 4 is 17.4 Å². The normalized spacial score (nSPS) is 10.5. The Morgan fingerprint density at radius 3 is 2.64 bits per heavy atom. The Morgan fingerprint density at radius 1 is 1.16 bits per heavy atom. The smallest absolute Gasteiger partial charge is 0.195 e. The molecule has 0 atom stereocenters. The third kappa shape index (κ3) is 3.49. The molecule has 25 heavy (non-hydrogen) atoms. The van der Waals surface area contributed by atoms with E-state index < -0.39 is 0 Å². The molecule has 0 spiro atoms. The first-order chi connectivity index (χ1) is 12.1. The van der Waals surface area contributed by atoms with E-state index in [0.29, 0.717) is 34.1 Å². The van der Waals surface area contributed by atoms with Crippen molar-refractivity contribution in [1.29, 1.82) is 0 Å². The number of ketones is 1. The van der Waals surface area contributed by atoms with Crippen LogP contribution in [0.1, 0.15) is 22.8 Å². The maximum absolute atomic E-state index is 13.1. The van der Waals surface area contributed by atoms with Crippen molar-refractivity contribution in [3.05, 3.63) is 77.1 Å². The molecule has 0 saturated heterocycles. The number of carbonyl (C=O) groups excluding carboxylic acids is 1. The molecule has 0 bridgehead atoms. The summed E-state index contributed by atoms with van der Waals surface area (Å²) in [4.78, 5) is 17.2. The SMILES string of the molecule is CCOc1cc(O)cc(C(=O)c2ccccc2Cl)c1-c1cccnc1. The predicted molar refractivity (Wildman–Crippen MR) is 97.4 cm³/mol. The van der Waals surface area contributed by atoms with Crippen molar-refractivity contribution in [2.45, 2.75) is 6.92 Å². The van der Waals surface area contributed by atoms with Gasteiger partial charge in [-0.1, -0.05) is 29.8 Å². The van der Waals surface area contributed by atoms with E-state index in [2.05, 4.69) is 4.98 Å². The van der Waals surface area contributed by atoms with Crippen LogP contribution in [0.2, 0.25) is 5.02 Å². The van der Waals surface area contributed by atoms with Crippen LogP contribution in [0.5, 0.6) is 11.5 Å². The minimum absolute atomic E-state index is 0.0495. The largest absolute Gasteiger partial charge is 0.508 e. The van der Waals surface area contributed by atoms with Crippen LogP contribution in [-0.4, -0.2) is 22.5 Å². The van der Waals surface area contributed by atoms with Gasteiger partial charge in [0.05, 0.1) is 11.6 Å². The van der Waals surface area contributed by atoms with E-state index in [1.807, 2.05) is 13.0 Å². The van der Waals surface area contributed by atoms with Crippen LogP contribution >= 0.6 is 11.6 Å². The molecule has 0 aliphatic carbocycles. The van der Waals surface area contributed by atoms with Crippen LogP contribution in [0.15, 0.2) is 60.9 Å². The van der Waals surface area contributed by atoms with E-state index in [9.17, 15) is 9.90 Å². The summed E-state index contributed by atoms with van der Waals surface area (Å²) in [6, 6.07) is 13.4. The van der Waals surface area contributed by atoms with Crippen LogP contribution in [0, 0.1) is 0 Å². The molecule has 0 saturated carbocycles. The molecule has 3 aromatic rings. The van der Waals surface area contributed by atoms with Gasteiger partial charge in [0.2, 0.25) is 0 Å². The maximum atomic E-state index is 13.1. The number of aromatic nitrogens is 1. The van der Waals surface area contributed by atoms with Crippen molar-refractivity contribution in [3.63, 3.8) is 0 Å². The van der Waals surface area contributed by atoms with Crippen LogP contribution in [0.25, 0.3) is 11.1 Å². The van der Waals surface area contributed by atoms with Gasteiger partial charge in [0.15, 0.2) is 5.78 Å². The molecule has 2 aromatic carbocycles. The summed E-state index contributed by atoms with van der Waals surface area (Å²) in [5.74, 6) is 0.0821. The molecule has 1 heterocycles. The summed E-state index contributed by atoms with van der Waals surface area (Å²) >= 11 is 6.18. The van der Waals surface area contributed by atoms with Gasteiger partial charge in [-0.2, -0.15) is 0 Å². The van der Waals surface area contributed by atoms with Gasteiger partial charge in [-0.3, -0.25) is 9.78 Å². The number of halogens is 1. The maximum Gasteiger partial charge on any atom is 0.195 e. The summed E-state index contributed by atoms with van der Waals surface area (Å²) in [6.45, 7) is 2.24. The van der Waals surface area contributed by atoms with Gasteiger partial charge in [0.25, 0.3) is 0 Å². The van der Waals surface area contributed by atoms with Crippen LogP contribution in [-0.2, 0) is 0 Å². The zero-order chi connectivity index (χ0) is 17.8. The molecule has 0 radical (unpaired) electrons. The number of phenolic OH excluding ortho intramolecular Hbond substituents is 1. The highest BCUT2D eigenvalue weighted by molar-refractivity contribution is 6.35. The molecule has 0 unspecified atom stereocenters. The standard InChI is InChI=1S/C20H16ClNO3/c1-2-25-18-11-14(23)10-16(19(18)13-6-5-9-22-12-13)20(24)15-7-3-4-8-17(15)21/h3-12,23H,2H2,1H3. The summed E-state index contributed by atoms with van der Waals surface area (Å²) in [5, 5.41) is 10.4. The Labute approximate surface area is 150 Å². The van der Waals surface area contributed by atoms with Crippen molar-refractivity contribution in [1.82, 2.24) is 4.98 Å². The Balaban J connectivity index is 2.25.